The van der Waals surface area contributed by atoms with Crippen molar-refractivity contribution in [2.45, 2.75) is 64.1 Å². The molecule has 27 heavy (non-hydrogen) atoms. The first kappa shape index (κ1) is 22.7. The highest BCUT2D eigenvalue weighted by atomic mass is 79.9. The van der Waals surface area contributed by atoms with Crippen LogP contribution < -0.4 is 10.1 Å². The first-order chi connectivity index (χ1) is 12.7. The first-order valence-corrected chi connectivity index (χ1v) is 11.2. The lowest BCUT2D eigenvalue weighted by Gasteiger charge is -2.21. The lowest BCUT2D eigenvalue weighted by molar-refractivity contribution is 0.302. The third-order valence-corrected chi connectivity index (χ3v) is 6.16. The normalized spacial score (nSPS) is 15.5. The minimum absolute atomic E-state index is 0. The molecule has 1 fully saturated rings. The third-order valence-electron chi connectivity index (χ3n) is 4.98. The van der Waals surface area contributed by atoms with E-state index in [9.17, 15) is 0 Å². The van der Waals surface area contributed by atoms with Crippen LogP contribution in [-0.4, -0.2) is 6.04 Å². The molecule has 2 nitrogen and oxygen atoms in total. The van der Waals surface area contributed by atoms with Crippen LogP contribution in [0.2, 0.25) is 0 Å². The van der Waals surface area contributed by atoms with Gasteiger partial charge in [-0.25, -0.2) is 0 Å². The maximum absolute atomic E-state index is 6.02. The summed E-state index contributed by atoms with van der Waals surface area (Å²) in [5.74, 6) is 0.864. The van der Waals surface area contributed by atoms with Gasteiger partial charge in [0.1, 0.15) is 12.4 Å². The first-order valence-electron chi connectivity index (χ1n) is 9.60. The minimum atomic E-state index is 0. The van der Waals surface area contributed by atoms with Crippen LogP contribution in [0.3, 0.4) is 0 Å². The predicted molar refractivity (Wildman–Crippen MR) is 123 cm³/mol. The van der Waals surface area contributed by atoms with E-state index in [0.717, 1.165) is 21.2 Å². The molecule has 1 saturated carbocycles. The number of ether oxygens (including phenoxy) is 1. The number of hydrogen-bond acceptors (Lipinski definition) is 2. The molecule has 0 saturated heterocycles. The number of benzene rings is 2. The Kier molecular flexibility index (Phi) is 10.2. The Hall–Kier alpha value is -0.550. The Balaban J connectivity index is 0.00000261. The van der Waals surface area contributed by atoms with Gasteiger partial charge in [-0.15, -0.1) is 12.4 Å². The summed E-state index contributed by atoms with van der Waals surface area (Å²) in [7, 11) is 0. The van der Waals surface area contributed by atoms with Crippen molar-refractivity contribution in [2.75, 3.05) is 0 Å². The van der Waals surface area contributed by atoms with Gasteiger partial charge in [0.05, 0.1) is 8.95 Å². The second-order valence-corrected chi connectivity index (χ2v) is 8.79. The SMILES string of the molecule is Brc1cc(CNC2CCCCCCC2)cc(Br)c1OCc1ccccc1.Cl. The van der Waals surface area contributed by atoms with E-state index in [1.807, 2.05) is 18.2 Å². The molecule has 0 radical (unpaired) electrons. The highest BCUT2D eigenvalue weighted by molar-refractivity contribution is 9.11. The van der Waals surface area contributed by atoms with Crippen LogP contribution >= 0.6 is 44.3 Å². The zero-order chi connectivity index (χ0) is 18.2. The molecule has 1 N–H and O–H groups in total. The molecule has 2 aromatic carbocycles. The van der Waals surface area contributed by atoms with Gasteiger partial charge in [-0.05, 0) is 68.0 Å². The van der Waals surface area contributed by atoms with Gasteiger partial charge < -0.3 is 10.1 Å². The van der Waals surface area contributed by atoms with Gasteiger partial charge in [-0.1, -0.05) is 62.4 Å². The zero-order valence-electron chi connectivity index (χ0n) is 15.6. The van der Waals surface area contributed by atoms with E-state index in [2.05, 4.69) is 61.4 Å². The molecule has 0 unspecified atom stereocenters. The van der Waals surface area contributed by atoms with Gasteiger partial charge in [-0.2, -0.15) is 0 Å². The van der Waals surface area contributed by atoms with Gasteiger partial charge in [0, 0.05) is 12.6 Å². The number of rotatable bonds is 6. The molecule has 0 heterocycles. The van der Waals surface area contributed by atoms with E-state index in [1.165, 1.54) is 56.1 Å². The summed E-state index contributed by atoms with van der Waals surface area (Å²) in [5, 5.41) is 3.75. The summed E-state index contributed by atoms with van der Waals surface area (Å²) in [6, 6.07) is 15.2. The Morgan fingerprint density at radius 2 is 1.44 bits per heavy atom. The number of halogens is 3. The second-order valence-electron chi connectivity index (χ2n) is 7.09. The third kappa shape index (κ3) is 7.41. The monoisotopic (exact) mass is 515 g/mol. The van der Waals surface area contributed by atoms with Gasteiger partial charge in [0.15, 0.2) is 0 Å². The predicted octanol–water partition coefficient (Wildman–Crippen LogP) is 7.41. The second kappa shape index (κ2) is 12.1. The molecule has 0 aliphatic heterocycles. The van der Waals surface area contributed by atoms with Crippen LogP contribution in [0.1, 0.15) is 56.1 Å². The Bertz CT molecular complexity index is 665. The Labute approximate surface area is 186 Å². The van der Waals surface area contributed by atoms with Crippen molar-refractivity contribution in [3.05, 3.63) is 62.5 Å². The molecular weight excluding hydrogens is 490 g/mol. The van der Waals surface area contributed by atoms with Crippen molar-refractivity contribution in [1.29, 1.82) is 0 Å². The summed E-state index contributed by atoms with van der Waals surface area (Å²) in [4.78, 5) is 0. The Morgan fingerprint density at radius 3 is 2.07 bits per heavy atom. The van der Waals surface area contributed by atoms with E-state index in [-0.39, 0.29) is 12.4 Å². The fourth-order valence-corrected chi connectivity index (χ4v) is 5.01. The molecule has 2 aromatic rings. The van der Waals surface area contributed by atoms with E-state index in [0.29, 0.717) is 12.6 Å². The molecule has 5 heteroatoms. The summed E-state index contributed by atoms with van der Waals surface area (Å²) >= 11 is 7.36. The standard InChI is InChI=1S/C22H27Br2NO.ClH/c23-20-13-18(15-25-19-11-7-2-1-3-8-12-19)14-21(24)22(20)26-16-17-9-5-4-6-10-17;/h4-6,9-10,13-14,19,25H,1-3,7-8,11-12,15-16H2;1H. The van der Waals surface area contributed by atoms with E-state index in [4.69, 9.17) is 4.74 Å². The fourth-order valence-electron chi connectivity index (χ4n) is 3.50. The highest BCUT2D eigenvalue weighted by Gasteiger charge is 2.13. The molecule has 0 aromatic heterocycles. The van der Waals surface area contributed by atoms with Gasteiger partial charge in [0.2, 0.25) is 0 Å². The molecule has 0 amide bonds. The van der Waals surface area contributed by atoms with Crippen LogP contribution in [0.25, 0.3) is 0 Å². The van der Waals surface area contributed by atoms with Crippen molar-refractivity contribution in [1.82, 2.24) is 5.32 Å². The average molecular weight is 518 g/mol. The maximum Gasteiger partial charge on any atom is 0.148 e. The number of nitrogens with one attached hydrogen (secondary N) is 1. The van der Waals surface area contributed by atoms with Crippen LogP contribution in [0.15, 0.2) is 51.4 Å². The lowest BCUT2D eigenvalue weighted by atomic mass is 9.96. The molecule has 1 aliphatic rings. The smallest absolute Gasteiger partial charge is 0.148 e. The van der Waals surface area contributed by atoms with Crippen LogP contribution in [0, 0.1) is 0 Å². The van der Waals surface area contributed by atoms with Crippen LogP contribution in [0.4, 0.5) is 0 Å². The number of hydrogen-bond donors (Lipinski definition) is 1. The fraction of sp³-hybridized carbons (Fsp3) is 0.455. The average Bonchev–Trinajstić information content (AvgIpc) is 2.61. The van der Waals surface area contributed by atoms with Gasteiger partial charge in [0.25, 0.3) is 0 Å². The minimum Gasteiger partial charge on any atom is -0.487 e. The quantitative estimate of drug-likeness (QED) is 0.431. The lowest BCUT2D eigenvalue weighted by Crippen LogP contribution is -2.29. The van der Waals surface area contributed by atoms with Crippen molar-refractivity contribution in [3.8, 4) is 5.75 Å². The summed E-state index contributed by atoms with van der Waals surface area (Å²) < 4.78 is 8.01. The molecule has 148 valence electrons. The Morgan fingerprint density at radius 1 is 0.852 bits per heavy atom. The summed E-state index contributed by atoms with van der Waals surface area (Å²) in [6.07, 6.45) is 9.53. The largest absolute Gasteiger partial charge is 0.487 e. The molecule has 1 aliphatic carbocycles. The van der Waals surface area contributed by atoms with Crippen LogP contribution in [-0.2, 0) is 13.2 Å². The van der Waals surface area contributed by atoms with Gasteiger partial charge >= 0.3 is 0 Å². The van der Waals surface area contributed by atoms with E-state index < -0.39 is 0 Å². The molecular formula is C22H28Br2ClNO. The van der Waals surface area contributed by atoms with E-state index >= 15 is 0 Å². The van der Waals surface area contributed by atoms with E-state index in [1.54, 1.807) is 0 Å². The molecule has 0 atom stereocenters. The maximum atomic E-state index is 6.02. The molecule has 0 spiro atoms. The van der Waals surface area contributed by atoms with Gasteiger partial charge in [-0.3, -0.25) is 0 Å². The van der Waals surface area contributed by atoms with Crippen molar-refractivity contribution >= 4 is 44.3 Å². The van der Waals surface area contributed by atoms with Crippen LogP contribution in [0.5, 0.6) is 5.75 Å². The topological polar surface area (TPSA) is 21.3 Å². The summed E-state index contributed by atoms with van der Waals surface area (Å²) in [5.41, 5.74) is 2.44. The van der Waals surface area contributed by atoms with Crippen molar-refractivity contribution in [2.24, 2.45) is 0 Å². The molecule has 3 rings (SSSR count). The van der Waals surface area contributed by atoms with Crippen molar-refractivity contribution in [3.63, 3.8) is 0 Å². The summed E-state index contributed by atoms with van der Waals surface area (Å²) in [6.45, 7) is 1.47. The highest BCUT2D eigenvalue weighted by Crippen LogP contribution is 2.35. The zero-order valence-corrected chi connectivity index (χ0v) is 19.5. The van der Waals surface area contributed by atoms with Crippen molar-refractivity contribution < 1.29 is 4.74 Å². The molecule has 0 bridgehead atoms.